The van der Waals surface area contributed by atoms with Crippen LogP contribution in [-0.4, -0.2) is 23.5 Å². The molecule has 0 N–H and O–H groups in total. The normalized spacial score (nSPS) is 10.4. The Hall–Kier alpha value is -2.14. The molecule has 0 unspecified atom stereocenters. The maximum atomic E-state index is 11.2. The predicted octanol–water partition coefficient (Wildman–Crippen LogP) is 3.41. The van der Waals surface area contributed by atoms with E-state index in [0.717, 1.165) is 17.7 Å². The maximum Gasteiger partial charge on any atom is 0.292 e. The number of nitro benzene ring substituents is 1. The standard InChI is InChI=1S/C15H16ClN3O2/c1-18(9-7-13-4-2-3-8-17-13)14-6-5-12(11-16)10-15(14)19(20)21/h2-6,8,10H,7,9,11H2,1H3. The van der Waals surface area contributed by atoms with E-state index in [1.807, 2.05) is 36.2 Å². The molecule has 1 aromatic carbocycles. The molecule has 5 nitrogen and oxygen atoms in total. The summed E-state index contributed by atoms with van der Waals surface area (Å²) in [6, 6.07) is 10.8. The topological polar surface area (TPSA) is 59.3 Å². The van der Waals surface area contributed by atoms with Crippen molar-refractivity contribution >= 4 is 23.0 Å². The molecule has 0 fully saturated rings. The van der Waals surface area contributed by atoms with Gasteiger partial charge in [0.25, 0.3) is 5.69 Å². The lowest BCUT2D eigenvalue weighted by molar-refractivity contribution is -0.384. The van der Waals surface area contributed by atoms with Crippen LogP contribution in [0.3, 0.4) is 0 Å². The predicted molar refractivity (Wildman–Crippen MR) is 83.9 cm³/mol. The van der Waals surface area contributed by atoms with Crippen molar-refractivity contribution in [2.75, 3.05) is 18.5 Å². The van der Waals surface area contributed by atoms with Crippen molar-refractivity contribution in [2.45, 2.75) is 12.3 Å². The Kier molecular flexibility index (Phi) is 5.11. The first kappa shape index (κ1) is 15.3. The van der Waals surface area contributed by atoms with Gasteiger partial charge in [-0.1, -0.05) is 12.1 Å². The van der Waals surface area contributed by atoms with Gasteiger partial charge in [-0.05, 0) is 23.8 Å². The van der Waals surface area contributed by atoms with Gasteiger partial charge in [-0.25, -0.2) is 0 Å². The van der Waals surface area contributed by atoms with Gasteiger partial charge in [-0.3, -0.25) is 15.1 Å². The monoisotopic (exact) mass is 305 g/mol. The number of pyridine rings is 1. The number of hydrogen-bond donors (Lipinski definition) is 0. The average molecular weight is 306 g/mol. The molecular weight excluding hydrogens is 290 g/mol. The molecule has 0 saturated carbocycles. The molecule has 1 aromatic heterocycles. The molecule has 0 aliphatic rings. The zero-order chi connectivity index (χ0) is 15.2. The molecule has 110 valence electrons. The molecule has 0 amide bonds. The average Bonchev–Trinajstić information content (AvgIpc) is 2.52. The fraction of sp³-hybridized carbons (Fsp3) is 0.267. The van der Waals surface area contributed by atoms with E-state index in [1.54, 1.807) is 12.3 Å². The zero-order valence-electron chi connectivity index (χ0n) is 11.7. The number of halogens is 1. The number of hydrogen-bond acceptors (Lipinski definition) is 4. The number of nitrogens with zero attached hydrogens (tertiary/aromatic N) is 3. The first-order valence-corrected chi connectivity index (χ1v) is 7.09. The van der Waals surface area contributed by atoms with Gasteiger partial charge in [0, 0.05) is 43.9 Å². The smallest absolute Gasteiger partial charge is 0.292 e. The molecule has 0 aliphatic heterocycles. The second-order valence-corrected chi connectivity index (χ2v) is 4.97. The van der Waals surface area contributed by atoms with E-state index in [-0.39, 0.29) is 16.5 Å². The van der Waals surface area contributed by atoms with E-state index < -0.39 is 0 Å². The Morgan fingerprint density at radius 2 is 2.14 bits per heavy atom. The molecule has 1 heterocycles. The van der Waals surface area contributed by atoms with E-state index in [4.69, 9.17) is 11.6 Å². The lowest BCUT2D eigenvalue weighted by Crippen LogP contribution is -2.21. The summed E-state index contributed by atoms with van der Waals surface area (Å²) in [4.78, 5) is 16.9. The highest BCUT2D eigenvalue weighted by Crippen LogP contribution is 2.29. The lowest BCUT2D eigenvalue weighted by Gasteiger charge is -2.19. The molecule has 0 aliphatic carbocycles. The lowest BCUT2D eigenvalue weighted by atomic mass is 10.1. The number of anilines is 1. The van der Waals surface area contributed by atoms with Crippen molar-refractivity contribution in [2.24, 2.45) is 0 Å². The Bertz CT molecular complexity index is 620. The highest BCUT2D eigenvalue weighted by atomic mass is 35.5. The van der Waals surface area contributed by atoms with Gasteiger partial charge in [0.2, 0.25) is 0 Å². The summed E-state index contributed by atoms with van der Waals surface area (Å²) in [7, 11) is 1.84. The molecule has 0 radical (unpaired) electrons. The van der Waals surface area contributed by atoms with Gasteiger partial charge >= 0.3 is 0 Å². The molecule has 2 aromatic rings. The van der Waals surface area contributed by atoms with Crippen LogP contribution in [0.4, 0.5) is 11.4 Å². The second kappa shape index (κ2) is 7.04. The van der Waals surface area contributed by atoms with Crippen molar-refractivity contribution in [3.63, 3.8) is 0 Å². The summed E-state index contributed by atoms with van der Waals surface area (Å²) in [6.45, 7) is 0.651. The Labute approximate surface area is 128 Å². The molecular formula is C15H16ClN3O2. The SMILES string of the molecule is CN(CCc1ccccn1)c1ccc(CCl)cc1[N+](=O)[O-]. The van der Waals surface area contributed by atoms with Crippen molar-refractivity contribution in [3.05, 3.63) is 64.0 Å². The quantitative estimate of drug-likeness (QED) is 0.466. The van der Waals surface area contributed by atoms with Gasteiger partial charge in [0.05, 0.1) is 4.92 Å². The largest absolute Gasteiger partial charge is 0.369 e. The number of benzene rings is 1. The van der Waals surface area contributed by atoms with Gasteiger partial charge in [0.15, 0.2) is 0 Å². The summed E-state index contributed by atoms with van der Waals surface area (Å²) < 4.78 is 0. The van der Waals surface area contributed by atoms with Gasteiger partial charge < -0.3 is 4.90 Å². The summed E-state index contributed by atoms with van der Waals surface area (Å²) in [5.41, 5.74) is 2.37. The Morgan fingerprint density at radius 3 is 2.76 bits per heavy atom. The third-order valence-corrected chi connectivity index (χ3v) is 3.54. The molecule has 6 heteroatoms. The van der Waals surface area contributed by atoms with Gasteiger partial charge in [-0.15, -0.1) is 11.6 Å². The fourth-order valence-corrected chi connectivity index (χ4v) is 2.24. The summed E-state index contributed by atoms with van der Waals surface area (Å²) in [5, 5.41) is 11.2. The number of aromatic nitrogens is 1. The van der Waals surface area contributed by atoms with E-state index in [2.05, 4.69) is 4.98 Å². The number of likely N-dealkylation sites (N-methyl/N-ethyl adjacent to an activating group) is 1. The van der Waals surface area contributed by atoms with Crippen LogP contribution in [0.5, 0.6) is 0 Å². The number of rotatable bonds is 6. The van der Waals surface area contributed by atoms with Crippen LogP contribution in [0, 0.1) is 10.1 Å². The molecule has 0 bridgehead atoms. The minimum Gasteiger partial charge on any atom is -0.369 e. The first-order chi connectivity index (χ1) is 10.1. The molecule has 0 spiro atoms. The highest BCUT2D eigenvalue weighted by molar-refractivity contribution is 6.17. The Morgan fingerprint density at radius 1 is 1.33 bits per heavy atom. The van der Waals surface area contributed by atoms with E-state index in [9.17, 15) is 10.1 Å². The number of nitro groups is 1. The van der Waals surface area contributed by atoms with Crippen LogP contribution in [-0.2, 0) is 12.3 Å². The Balaban J connectivity index is 2.15. The van der Waals surface area contributed by atoms with Crippen LogP contribution in [0.15, 0.2) is 42.6 Å². The zero-order valence-corrected chi connectivity index (χ0v) is 12.5. The first-order valence-electron chi connectivity index (χ1n) is 6.56. The van der Waals surface area contributed by atoms with E-state index in [1.165, 1.54) is 6.07 Å². The van der Waals surface area contributed by atoms with Gasteiger partial charge in [-0.2, -0.15) is 0 Å². The second-order valence-electron chi connectivity index (χ2n) is 4.71. The number of alkyl halides is 1. The van der Waals surface area contributed by atoms with Crippen LogP contribution < -0.4 is 4.90 Å². The summed E-state index contributed by atoms with van der Waals surface area (Å²) in [5.74, 6) is 0.263. The van der Waals surface area contributed by atoms with Crippen molar-refractivity contribution in [1.82, 2.24) is 4.98 Å². The van der Waals surface area contributed by atoms with Crippen LogP contribution in [0.2, 0.25) is 0 Å². The maximum absolute atomic E-state index is 11.2. The van der Waals surface area contributed by atoms with Crippen molar-refractivity contribution in [1.29, 1.82) is 0 Å². The minimum absolute atomic E-state index is 0.0803. The molecule has 21 heavy (non-hydrogen) atoms. The van der Waals surface area contributed by atoms with Crippen LogP contribution >= 0.6 is 11.6 Å². The minimum atomic E-state index is -0.372. The fourth-order valence-electron chi connectivity index (χ4n) is 2.07. The molecule has 2 rings (SSSR count). The molecule has 0 saturated heterocycles. The van der Waals surface area contributed by atoms with Crippen LogP contribution in [0.25, 0.3) is 0 Å². The van der Waals surface area contributed by atoms with Crippen molar-refractivity contribution in [3.8, 4) is 0 Å². The third-order valence-electron chi connectivity index (χ3n) is 3.23. The molecule has 0 atom stereocenters. The third kappa shape index (κ3) is 3.92. The van der Waals surface area contributed by atoms with Crippen LogP contribution in [0.1, 0.15) is 11.3 Å². The van der Waals surface area contributed by atoms with Gasteiger partial charge in [0.1, 0.15) is 5.69 Å². The summed E-state index contributed by atoms with van der Waals surface area (Å²) in [6.07, 6.45) is 2.47. The van der Waals surface area contributed by atoms with E-state index >= 15 is 0 Å². The summed E-state index contributed by atoms with van der Waals surface area (Å²) >= 11 is 5.73. The highest BCUT2D eigenvalue weighted by Gasteiger charge is 2.17. The van der Waals surface area contributed by atoms with Crippen molar-refractivity contribution < 1.29 is 4.92 Å². The van der Waals surface area contributed by atoms with E-state index in [0.29, 0.717) is 12.2 Å².